The summed E-state index contributed by atoms with van der Waals surface area (Å²) in [7, 11) is 0. The van der Waals surface area contributed by atoms with E-state index in [0.29, 0.717) is 5.56 Å². The van der Waals surface area contributed by atoms with Gasteiger partial charge in [0, 0.05) is 11.6 Å². The number of ketones is 1. The molecule has 0 bridgehead atoms. The first-order valence-corrected chi connectivity index (χ1v) is 7.69. The second-order valence-corrected chi connectivity index (χ2v) is 5.45. The van der Waals surface area contributed by atoms with Crippen molar-refractivity contribution < 1.29 is 14.8 Å². The number of aryl methyl sites for hydroxylation is 1. The molecule has 0 aromatic heterocycles. The van der Waals surface area contributed by atoms with Crippen molar-refractivity contribution in [2.75, 3.05) is 0 Å². The van der Waals surface area contributed by atoms with Crippen molar-refractivity contribution in [1.29, 1.82) is 5.26 Å². The number of nitrogens with zero attached hydrogens (tertiary/aromatic N) is 2. The van der Waals surface area contributed by atoms with Gasteiger partial charge in [0.05, 0.1) is 4.92 Å². The third kappa shape index (κ3) is 4.30. The molecule has 6 nitrogen and oxygen atoms in total. The van der Waals surface area contributed by atoms with Crippen LogP contribution in [0.3, 0.4) is 0 Å². The molecule has 0 fully saturated rings. The van der Waals surface area contributed by atoms with Gasteiger partial charge < -0.3 is 5.11 Å². The van der Waals surface area contributed by atoms with Crippen molar-refractivity contribution in [1.82, 2.24) is 0 Å². The van der Waals surface area contributed by atoms with Gasteiger partial charge in [0.2, 0.25) is 5.78 Å². The molecule has 126 valence electrons. The zero-order chi connectivity index (χ0) is 18.4. The fourth-order valence-corrected chi connectivity index (χ4v) is 2.36. The van der Waals surface area contributed by atoms with E-state index in [2.05, 4.69) is 6.92 Å². The molecule has 0 aliphatic carbocycles. The lowest BCUT2D eigenvalue weighted by Gasteiger charge is -2.03. The Morgan fingerprint density at radius 2 is 1.96 bits per heavy atom. The smallest absolute Gasteiger partial charge is 0.311 e. The predicted octanol–water partition coefficient (Wildman–Crippen LogP) is 4.04. The Hall–Kier alpha value is -3.46. The fraction of sp³-hybridized carbons (Fsp3) is 0.158. The highest BCUT2D eigenvalue weighted by atomic mass is 16.6. The van der Waals surface area contributed by atoms with E-state index in [4.69, 9.17) is 0 Å². The first-order valence-electron chi connectivity index (χ1n) is 7.69. The third-order valence-electron chi connectivity index (χ3n) is 3.63. The summed E-state index contributed by atoms with van der Waals surface area (Å²) in [5.41, 5.74) is 1.15. The molecule has 0 radical (unpaired) electrons. The van der Waals surface area contributed by atoms with Gasteiger partial charge in [-0.2, -0.15) is 5.26 Å². The molecule has 0 saturated heterocycles. The lowest BCUT2D eigenvalue weighted by Crippen LogP contribution is -2.02. The van der Waals surface area contributed by atoms with E-state index in [9.17, 15) is 25.3 Å². The van der Waals surface area contributed by atoms with Crippen LogP contribution in [0.25, 0.3) is 6.08 Å². The van der Waals surface area contributed by atoms with Crippen molar-refractivity contribution >= 4 is 17.5 Å². The van der Waals surface area contributed by atoms with Crippen LogP contribution in [0, 0.1) is 21.4 Å². The van der Waals surface area contributed by atoms with Gasteiger partial charge in [-0.25, -0.2) is 0 Å². The molecule has 6 heteroatoms. The Labute approximate surface area is 144 Å². The SMILES string of the molecule is CCCc1ccc(C(=O)/C(C#N)=C/c2ccc(O)c([N+](=O)[O-])c2)cc1. The highest BCUT2D eigenvalue weighted by molar-refractivity contribution is 6.14. The number of phenolic OH excluding ortho intramolecular Hbond substituents is 1. The van der Waals surface area contributed by atoms with E-state index in [1.807, 2.05) is 18.2 Å². The number of nitriles is 1. The lowest BCUT2D eigenvalue weighted by molar-refractivity contribution is -0.385. The normalized spacial score (nSPS) is 11.0. The molecule has 0 heterocycles. The molecule has 0 saturated carbocycles. The van der Waals surface area contributed by atoms with Crippen LogP contribution in [-0.2, 0) is 6.42 Å². The Balaban J connectivity index is 2.34. The molecule has 2 aromatic carbocycles. The van der Waals surface area contributed by atoms with E-state index in [0.717, 1.165) is 30.5 Å². The fourth-order valence-electron chi connectivity index (χ4n) is 2.36. The zero-order valence-corrected chi connectivity index (χ0v) is 13.6. The minimum Gasteiger partial charge on any atom is -0.502 e. The van der Waals surface area contributed by atoms with Crippen LogP contribution in [0.5, 0.6) is 5.75 Å². The number of aromatic hydroxyl groups is 1. The van der Waals surface area contributed by atoms with E-state index >= 15 is 0 Å². The summed E-state index contributed by atoms with van der Waals surface area (Å²) in [5.74, 6) is -0.931. The molecule has 0 aliphatic heterocycles. The molecule has 2 aromatic rings. The monoisotopic (exact) mass is 336 g/mol. The first-order chi connectivity index (χ1) is 12.0. The van der Waals surface area contributed by atoms with Gasteiger partial charge in [-0.05, 0) is 29.7 Å². The number of hydrogen-bond donors (Lipinski definition) is 1. The predicted molar refractivity (Wildman–Crippen MR) is 93.1 cm³/mol. The third-order valence-corrected chi connectivity index (χ3v) is 3.63. The average molecular weight is 336 g/mol. The maximum atomic E-state index is 12.5. The van der Waals surface area contributed by atoms with E-state index in [1.165, 1.54) is 12.1 Å². The first kappa shape index (κ1) is 17.9. The Morgan fingerprint density at radius 3 is 2.52 bits per heavy atom. The van der Waals surface area contributed by atoms with Crippen LogP contribution in [0.1, 0.15) is 34.8 Å². The molecule has 0 aliphatic rings. The van der Waals surface area contributed by atoms with Crippen molar-refractivity contribution in [2.24, 2.45) is 0 Å². The van der Waals surface area contributed by atoms with Crippen molar-refractivity contribution in [3.8, 4) is 11.8 Å². The summed E-state index contributed by atoms with van der Waals surface area (Å²) in [4.78, 5) is 22.6. The van der Waals surface area contributed by atoms with Crippen LogP contribution in [-0.4, -0.2) is 15.8 Å². The Bertz CT molecular complexity index is 877. The number of Topliss-reactive ketones (excluding diaryl/α,β-unsaturated/α-hetero) is 1. The van der Waals surface area contributed by atoms with Gasteiger partial charge in [-0.15, -0.1) is 0 Å². The number of carbonyl (C=O) groups excluding carboxylic acids is 1. The van der Waals surface area contributed by atoms with E-state index in [-0.39, 0.29) is 11.1 Å². The number of nitro groups is 1. The van der Waals surface area contributed by atoms with Crippen LogP contribution >= 0.6 is 0 Å². The topological polar surface area (TPSA) is 104 Å². The average Bonchev–Trinajstić information content (AvgIpc) is 2.61. The van der Waals surface area contributed by atoms with Gasteiger partial charge in [0.25, 0.3) is 0 Å². The maximum Gasteiger partial charge on any atom is 0.311 e. The standard InChI is InChI=1S/C19H16N2O4/c1-2-3-13-4-7-15(8-5-13)19(23)16(12-20)10-14-6-9-18(22)17(11-14)21(24)25/h4-11,22H,2-3H2,1H3/b16-10+. The summed E-state index contributed by atoms with van der Waals surface area (Å²) < 4.78 is 0. The molecular formula is C19H16N2O4. The Kier molecular flexibility index (Phi) is 5.64. The molecule has 1 N–H and O–H groups in total. The van der Waals surface area contributed by atoms with Crippen LogP contribution in [0.15, 0.2) is 48.0 Å². The summed E-state index contributed by atoms with van der Waals surface area (Å²) in [5, 5.41) is 29.6. The van der Waals surface area contributed by atoms with Gasteiger partial charge >= 0.3 is 5.69 Å². The maximum absolute atomic E-state index is 12.5. The summed E-state index contributed by atoms with van der Waals surface area (Å²) in [6.45, 7) is 2.06. The second kappa shape index (κ2) is 7.88. The molecule has 0 spiro atoms. The Morgan fingerprint density at radius 1 is 1.28 bits per heavy atom. The number of nitro benzene ring substituents is 1. The quantitative estimate of drug-likeness (QED) is 0.282. The van der Waals surface area contributed by atoms with E-state index < -0.39 is 22.1 Å². The van der Waals surface area contributed by atoms with Gasteiger partial charge in [0.1, 0.15) is 11.6 Å². The van der Waals surface area contributed by atoms with Crippen LogP contribution in [0.4, 0.5) is 5.69 Å². The number of rotatable bonds is 6. The molecule has 0 amide bonds. The molecule has 2 rings (SSSR count). The largest absolute Gasteiger partial charge is 0.502 e. The van der Waals surface area contributed by atoms with Gasteiger partial charge in [0.15, 0.2) is 5.75 Å². The van der Waals surface area contributed by atoms with Crippen molar-refractivity contribution in [2.45, 2.75) is 19.8 Å². The minimum absolute atomic E-state index is 0.136. The number of carbonyl (C=O) groups is 1. The zero-order valence-electron chi connectivity index (χ0n) is 13.6. The van der Waals surface area contributed by atoms with Crippen molar-refractivity contribution in [3.05, 3.63) is 74.8 Å². The molecular weight excluding hydrogens is 320 g/mol. The van der Waals surface area contributed by atoms with Gasteiger partial charge in [-0.1, -0.05) is 43.7 Å². The summed E-state index contributed by atoms with van der Waals surface area (Å²) in [6.07, 6.45) is 3.18. The number of hydrogen-bond acceptors (Lipinski definition) is 5. The number of allylic oxidation sites excluding steroid dienone is 1. The summed E-state index contributed by atoms with van der Waals surface area (Å²) >= 11 is 0. The highest BCUT2D eigenvalue weighted by Gasteiger charge is 2.16. The van der Waals surface area contributed by atoms with Crippen LogP contribution < -0.4 is 0 Å². The number of benzene rings is 2. The van der Waals surface area contributed by atoms with Crippen LogP contribution in [0.2, 0.25) is 0 Å². The molecule has 0 unspecified atom stereocenters. The minimum atomic E-state index is -0.729. The van der Waals surface area contributed by atoms with Crippen molar-refractivity contribution in [3.63, 3.8) is 0 Å². The highest BCUT2D eigenvalue weighted by Crippen LogP contribution is 2.27. The van der Waals surface area contributed by atoms with E-state index in [1.54, 1.807) is 12.1 Å². The molecule has 25 heavy (non-hydrogen) atoms. The number of phenols is 1. The van der Waals surface area contributed by atoms with Gasteiger partial charge in [-0.3, -0.25) is 14.9 Å². The molecule has 0 atom stereocenters. The lowest BCUT2D eigenvalue weighted by atomic mass is 9.99. The summed E-state index contributed by atoms with van der Waals surface area (Å²) in [6, 6.07) is 12.5. The second-order valence-electron chi connectivity index (χ2n) is 5.45.